The van der Waals surface area contributed by atoms with E-state index in [1.807, 2.05) is 6.92 Å². The summed E-state index contributed by atoms with van der Waals surface area (Å²) in [5.41, 5.74) is 9.04. The van der Waals surface area contributed by atoms with Gasteiger partial charge in [0, 0.05) is 24.0 Å². The second-order valence-electron chi connectivity index (χ2n) is 6.08. The van der Waals surface area contributed by atoms with Gasteiger partial charge in [0.15, 0.2) is 0 Å². The Morgan fingerprint density at radius 1 is 1.24 bits per heavy atom. The molecule has 2 N–H and O–H groups in total. The molecule has 21 heavy (non-hydrogen) atoms. The van der Waals surface area contributed by atoms with Gasteiger partial charge < -0.3 is 10.6 Å². The van der Waals surface area contributed by atoms with Crippen molar-refractivity contribution in [1.82, 2.24) is 20.2 Å². The van der Waals surface area contributed by atoms with E-state index >= 15 is 0 Å². The van der Waals surface area contributed by atoms with Gasteiger partial charge >= 0.3 is 0 Å². The van der Waals surface area contributed by atoms with Crippen molar-refractivity contribution >= 4 is 37.6 Å². The Balaban J connectivity index is 1.97. The third-order valence-corrected chi connectivity index (χ3v) is 5.11. The number of rotatable bonds is 1. The van der Waals surface area contributed by atoms with E-state index in [2.05, 4.69) is 38.9 Å². The Morgan fingerprint density at radius 2 is 2.00 bits per heavy atom. The second-order valence-corrected chi connectivity index (χ2v) is 7.08. The topological polar surface area (TPSA) is 80.8 Å². The fourth-order valence-electron chi connectivity index (χ4n) is 2.87. The first-order valence-electron chi connectivity index (χ1n) is 6.87. The minimum Gasteiger partial charge on any atom is -0.352 e. The SMILES string of the molecule is Cc1nnc2sc3c(N4CC(C)(N)C4)ncnc3c2c1C. The summed E-state index contributed by atoms with van der Waals surface area (Å²) in [5.74, 6) is 0.961. The summed E-state index contributed by atoms with van der Waals surface area (Å²) in [7, 11) is 0. The maximum absolute atomic E-state index is 6.11. The van der Waals surface area contributed by atoms with Crippen LogP contribution in [0.5, 0.6) is 0 Å². The van der Waals surface area contributed by atoms with Crippen LogP contribution >= 0.6 is 11.3 Å². The molecule has 1 fully saturated rings. The summed E-state index contributed by atoms with van der Waals surface area (Å²) in [6, 6.07) is 0. The van der Waals surface area contributed by atoms with E-state index in [4.69, 9.17) is 5.73 Å². The molecule has 0 amide bonds. The molecule has 3 aromatic rings. The van der Waals surface area contributed by atoms with Crippen molar-refractivity contribution in [2.75, 3.05) is 18.0 Å². The van der Waals surface area contributed by atoms with Crippen molar-refractivity contribution in [3.8, 4) is 0 Å². The fourth-order valence-corrected chi connectivity index (χ4v) is 4.02. The van der Waals surface area contributed by atoms with E-state index in [0.717, 1.165) is 50.6 Å². The Labute approximate surface area is 126 Å². The zero-order valence-electron chi connectivity index (χ0n) is 12.2. The molecule has 3 aromatic heterocycles. The zero-order chi connectivity index (χ0) is 14.8. The maximum atomic E-state index is 6.11. The third kappa shape index (κ3) is 1.81. The van der Waals surface area contributed by atoms with Gasteiger partial charge in [0.1, 0.15) is 17.0 Å². The smallest absolute Gasteiger partial charge is 0.150 e. The maximum Gasteiger partial charge on any atom is 0.150 e. The molecule has 0 atom stereocenters. The van der Waals surface area contributed by atoms with E-state index in [1.165, 1.54) is 0 Å². The fraction of sp³-hybridized carbons (Fsp3) is 0.429. The molecule has 0 spiro atoms. The van der Waals surface area contributed by atoms with Crippen LogP contribution in [0.4, 0.5) is 5.82 Å². The van der Waals surface area contributed by atoms with E-state index in [9.17, 15) is 0 Å². The summed E-state index contributed by atoms with van der Waals surface area (Å²) in [5, 5.41) is 9.62. The molecule has 0 unspecified atom stereocenters. The van der Waals surface area contributed by atoms with Gasteiger partial charge in [0.25, 0.3) is 0 Å². The van der Waals surface area contributed by atoms with Crippen LogP contribution in [0, 0.1) is 13.8 Å². The quantitative estimate of drug-likeness (QED) is 0.738. The van der Waals surface area contributed by atoms with Crippen LogP contribution < -0.4 is 10.6 Å². The number of aromatic nitrogens is 4. The third-order valence-electron chi connectivity index (χ3n) is 4.05. The monoisotopic (exact) mass is 300 g/mol. The van der Waals surface area contributed by atoms with Crippen LogP contribution in [-0.2, 0) is 0 Å². The molecule has 108 valence electrons. The molecule has 0 aliphatic carbocycles. The number of hydrogen-bond donors (Lipinski definition) is 1. The second kappa shape index (κ2) is 4.08. The van der Waals surface area contributed by atoms with Crippen molar-refractivity contribution < 1.29 is 0 Å². The Morgan fingerprint density at radius 3 is 2.71 bits per heavy atom. The van der Waals surface area contributed by atoms with Crippen molar-refractivity contribution in [1.29, 1.82) is 0 Å². The Kier molecular flexibility index (Phi) is 2.50. The Bertz CT molecular complexity index is 861. The molecule has 4 heterocycles. The van der Waals surface area contributed by atoms with Crippen LogP contribution in [0.15, 0.2) is 6.33 Å². The van der Waals surface area contributed by atoms with Gasteiger partial charge in [-0.1, -0.05) is 0 Å². The van der Waals surface area contributed by atoms with Gasteiger partial charge in [0.05, 0.1) is 15.9 Å². The number of aryl methyl sites for hydroxylation is 2. The molecule has 0 saturated carbocycles. The van der Waals surface area contributed by atoms with Gasteiger partial charge in [-0.25, -0.2) is 9.97 Å². The molecular weight excluding hydrogens is 284 g/mol. The minimum absolute atomic E-state index is 0.125. The van der Waals surface area contributed by atoms with Gasteiger partial charge in [-0.3, -0.25) is 0 Å². The number of nitrogens with zero attached hydrogens (tertiary/aromatic N) is 5. The highest BCUT2D eigenvalue weighted by Gasteiger charge is 2.36. The summed E-state index contributed by atoms with van der Waals surface area (Å²) >= 11 is 1.61. The van der Waals surface area contributed by atoms with Crippen LogP contribution in [0.3, 0.4) is 0 Å². The molecule has 1 saturated heterocycles. The normalized spacial score (nSPS) is 17.4. The summed E-state index contributed by atoms with van der Waals surface area (Å²) in [6.07, 6.45) is 1.63. The van der Waals surface area contributed by atoms with E-state index in [0.29, 0.717) is 0 Å². The van der Waals surface area contributed by atoms with Crippen molar-refractivity contribution in [3.05, 3.63) is 17.6 Å². The van der Waals surface area contributed by atoms with Crippen molar-refractivity contribution in [3.63, 3.8) is 0 Å². The highest BCUT2D eigenvalue weighted by molar-refractivity contribution is 7.26. The molecule has 4 rings (SSSR count). The lowest BCUT2D eigenvalue weighted by molar-refractivity contribution is 0.364. The molecule has 0 aromatic carbocycles. The molecular formula is C14H16N6S. The van der Waals surface area contributed by atoms with Gasteiger partial charge in [-0.05, 0) is 26.3 Å². The Hall–Kier alpha value is -1.86. The predicted octanol–water partition coefficient (Wildman–Crippen LogP) is 1.79. The van der Waals surface area contributed by atoms with Gasteiger partial charge in [-0.2, -0.15) is 5.10 Å². The van der Waals surface area contributed by atoms with Crippen molar-refractivity contribution in [2.24, 2.45) is 5.73 Å². The standard InChI is InChI=1S/C14H16N6S/c1-7-8(2)18-19-13-9(7)10-11(21-13)12(17-6-16-10)20-4-14(3,15)5-20/h6H,4-5,15H2,1-3H3. The first-order chi connectivity index (χ1) is 9.96. The van der Waals surface area contributed by atoms with Crippen molar-refractivity contribution in [2.45, 2.75) is 26.3 Å². The summed E-state index contributed by atoms with van der Waals surface area (Å²) in [6.45, 7) is 7.74. The molecule has 6 nitrogen and oxygen atoms in total. The minimum atomic E-state index is -0.125. The summed E-state index contributed by atoms with van der Waals surface area (Å²) in [4.78, 5) is 12.1. The number of hydrogen-bond acceptors (Lipinski definition) is 7. The molecule has 1 aliphatic rings. The van der Waals surface area contributed by atoms with E-state index in [1.54, 1.807) is 17.7 Å². The number of thiophene rings is 1. The predicted molar refractivity (Wildman–Crippen MR) is 84.8 cm³/mol. The van der Waals surface area contributed by atoms with Crippen LogP contribution in [0.2, 0.25) is 0 Å². The zero-order valence-corrected chi connectivity index (χ0v) is 13.0. The lowest BCUT2D eigenvalue weighted by Gasteiger charge is -2.46. The van der Waals surface area contributed by atoms with E-state index in [-0.39, 0.29) is 5.54 Å². The van der Waals surface area contributed by atoms with E-state index < -0.39 is 0 Å². The average molecular weight is 300 g/mol. The van der Waals surface area contributed by atoms with Crippen LogP contribution in [-0.4, -0.2) is 38.8 Å². The first kappa shape index (κ1) is 12.8. The molecule has 0 radical (unpaired) electrons. The highest BCUT2D eigenvalue weighted by Crippen LogP contribution is 2.39. The van der Waals surface area contributed by atoms with Crippen LogP contribution in [0.25, 0.3) is 20.4 Å². The lowest BCUT2D eigenvalue weighted by atomic mass is 9.94. The van der Waals surface area contributed by atoms with Gasteiger partial charge in [-0.15, -0.1) is 16.4 Å². The lowest BCUT2D eigenvalue weighted by Crippen LogP contribution is -2.65. The first-order valence-corrected chi connectivity index (χ1v) is 7.69. The molecule has 1 aliphatic heterocycles. The number of nitrogens with two attached hydrogens (primary N) is 1. The largest absolute Gasteiger partial charge is 0.352 e. The summed E-state index contributed by atoms with van der Waals surface area (Å²) < 4.78 is 1.08. The molecule has 7 heteroatoms. The number of fused-ring (bicyclic) bond motifs is 3. The highest BCUT2D eigenvalue weighted by atomic mass is 32.1. The average Bonchev–Trinajstić information content (AvgIpc) is 2.79. The molecule has 0 bridgehead atoms. The van der Waals surface area contributed by atoms with Crippen LogP contribution in [0.1, 0.15) is 18.2 Å². The number of anilines is 1. The van der Waals surface area contributed by atoms with Gasteiger partial charge in [0.2, 0.25) is 0 Å².